The lowest BCUT2D eigenvalue weighted by molar-refractivity contribution is -0.114. The average molecular weight is 338 g/mol. The number of aromatic nitrogens is 1. The Morgan fingerprint density at radius 3 is 2.70 bits per heavy atom. The lowest BCUT2D eigenvalue weighted by Crippen LogP contribution is -2.21. The molecule has 124 valence electrons. The molecule has 0 radical (unpaired) electrons. The number of nitrogens with zero attached hydrogens (tertiary/aromatic N) is 1. The summed E-state index contributed by atoms with van der Waals surface area (Å²) in [5.74, 6) is 0.667. The summed E-state index contributed by atoms with van der Waals surface area (Å²) in [5.41, 5.74) is 1.28. The van der Waals surface area contributed by atoms with Gasteiger partial charge in [0.1, 0.15) is 5.75 Å². The summed E-state index contributed by atoms with van der Waals surface area (Å²) in [7, 11) is 1.55. The highest BCUT2D eigenvalue weighted by atomic mass is 35.5. The summed E-state index contributed by atoms with van der Waals surface area (Å²) in [6.07, 6.45) is 0. The molecule has 0 aliphatic rings. The van der Waals surface area contributed by atoms with E-state index in [9.17, 15) is 4.79 Å². The highest BCUT2D eigenvalue weighted by Crippen LogP contribution is 2.27. The third-order valence-electron chi connectivity index (χ3n) is 3.14. The number of nitrogens with one attached hydrogen (secondary N) is 2. The van der Waals surface area contributed by atoms with Gasteiger partial charge in [-0.15, -0.1) is 0 Å². The van der Waals surface area contributed by atoms with Crippen molar-refractivity contribution in [2.24, 2.45) is 0 Å². The van der Waals surface area contributed by atoms with Gasteiger partial charge >= 0.3 is 0 Å². The molecule has 23 heavy (non-hydrogen) atoms. The average Bonchev–Trinajstić information content (AvgIpc) is 2.94. The summed E-state index contributed by atoms with van der Waals surface area (Å²) in [4.78, 5) is 12.0. The Kier molecular flexibility index (Phi) is 5.15. The molecule has 2 aromatic rings. The summed E-state index contributed by atoms with van der Waals surface area (Å²) in [6, 6.07) is 6.86. The monoisotopic (exact) mass is 337 g/mol. The number of carbonyl (C=O) groups is 1. The third-order valence-corrected chi connectivity index (χ3v) is 3.38. The van der Waals surface area contributed by atoms with E-state index in [4.69, 9.17) is 20.9 Å². The second kappa shape index (κ2) is 6.91. The number of hydrogen-bond donors (Lipinski definition) is 2. The number of rotatable bonds is 5. The van der Waals surface area contributed by atoms with Crippen molar-refractivity contribution in [1.82, 2.24) is 5.16 Å². The number of hydrogen-bond acceptors (Lipinski definition) is 5. The molecule has 0 spiro atoms. The van der Waals surface area contributed by atoms with Crippen LogP contribution in [0, 0.1) is 0 Å². The molecule has 1 amide bonds. The van der Waals surface area contributed by atoms with Crippen LogP contribution in [0.1, 0.15) is 26.5 Å². The Balaban J connectivity index is 1.95. The van der Waals surface area contributed by atoms with Crippen LogP contribution in [-0.2, 0) is 10.2 Å². The Labute approximate surface area is 140 Å². The Morgan fingerprint density at radius 1 is 1.35 bits per heavy atom. The largest absolute Gasteiger partial charge is 0.495 e. The maximum Gasteiger partial charge on any atom is 0.246 e. The van der Waals surface area contributed by atoms with Crippen LogP contribution in [-0.4, -0.2) is 24.7 Å². The minimum atomic E-state index is -0.261. The van der Waals surface area contributed by atoms with Gasteiger partial charge in [0.05, 0.1) is 25.0 Å². The Bertz CT molecular complexity index is 692. The molecule has 7 heteroatoms. The number of amides is 1. The van der Waals surface area contributed by atoms with Crippen molar-refractivity contribution >= 4 is 29.1 Å². The lowest BCUT2D eigenvalue weighted by Gasteiger charge is -2.12. The highest BCUT2D eigenvalue weighted by Gasteiger charge is 2.19. The molecule has 2 N–H and O–H groups in total. The minimum absolute atomic E-state index is 0.0439. The maximum absolute atomic E-state index is 12.0. The second-order valence-corrected chi connectivity index (χ2v) is 6.51. The van der Waals surface area contributed by atoms with E-state index in [0.717, 1.165) is 5.69 Å². The van der Waals surface area contributed by atoms with E-state index in [2.05, 4.69) is 15.8 Å². The predicted molar refractivity (Wildman–Crippen MR) is 90.3 cm³/mol. The van der Waals surface area contributed by atoms with Gasteiger partial charge in [0.2, 0.25) is 11.8 Å². The van der Waals surface area contributed by atoms with Gasteiger partial charge in [0, 0.05) is 16.5 Å². The van der Waals surface area contributed by atoms with Crippen LogP contribution < -0.4 is 15.4 Å². The van der Waals surface area contributed by atoms with E-state index >= 15 is 0 Å². The fourth-order valence-corrected chi connectivity index (χ4v) is 2.04. The van der Waals surface area contributed by atoms with E-state index in [-0.39, 0.29) is 17.9 Å². The summed E-state index contributed by atoms with van der Waals surface area (Å²) in [5, 5.41) is 10.1. The summed E-state index contributed by atoms with van der Waals surface area (Å²) >= 11 is 5.94. The molecule has 0 aliphatic carbocycles. The Hall–Kier alpha value is -2.21. The van der Waals surface area contributed by atoms with E-state index in [1.165, 1.54) is 0 Å². The molecule has 0 aliphatic heterocycles. The second-order valence-electron chi connectivity index (χ2n) is 6.07. The molecule has 0 fully saturated rings. The summed E-state index contributed by atoms with van der Waals surface area (Å²) in [6.45, 7) is 6.10. The molecular formula is C16H20ClN3O3. The molecule has 1 heterocycles. The first-order valence-electron chi connectivity index (χ1n) is 7.14. The zero-order valence-corrected chi connectivity index (χ0v) is 14.3. The van der Waals surface area contributed by atoms with Crippen LogP contribution >= 0.6 is 11.6 Å². The minimum Gasteiger partial charge on any atom is -0.495 e. The number of anilines is 2. The van der Waals surface area contributed by atoms with Crippen LogP contribution in [0.15, 0.2) is 28.8 Å². The molecule has 0 unspecified atom stereocenters. The molecule has 0 atom stereocenters. The smallest absolute Gasteiger partial charge is 0.246 e. The molecule has 2 rings (SSSR count). The van der Waals surface area contributed by atoms with Crippen LogP contribution in [0.25, 0.3) is 0 Å². The van der Waals surface area contributed by atoms with E-state index < -0.39 is 0 Å². The van der Waals surface area contributed by atoms with Crippen molar-refractivity contribution < 1.29 is 14.1 Å². The quantitative estimate of drug-likeness (QED) is 0.870. The van der Waals surface area contributed by atoms with Crippen molar-refractivity contribution in [1.29, 1.82) is 0 Å². The van der Waals surface area contributed by atoms with Crippen LogP contribution in [0.5, 0.6) is 5.75 Å². The van der Waals surface area contributed by atoms with Crippen molar-refractivity contribution in [3.8, 4) is 5.75 Å². The SMILES string of the molecule is COc1ccc(Cl)cc1NCC(=O)Nc1cc(C(C)(C)C)no1. The topological polar surface area (TPSA) is 76.4 Å². The van der Waals surface area contributed by atoms with Gasteiger partial charge < -0.3 is 14.6 Å². The van der Waals surface area contributed by atoms with Gasteiger partial charge in [-0.1, -0.05) is 37.5 Å². The van der Waals surface area contributed by atoms with Gasteiger partial charge in [-0.2, -0.15) is 0 Å². The number of benzene rings is 1. The van der Waals surface area contributed by atoms with Crippen LogP contribution in [0.4, 0.5) is 11.6 Å². The number of halogens is 1. The van der Waals surface area contributed by atoms with Crippen molar-refractivity contribution in [3.63, 3.8) is 0 Å². The molecular weight excluding hydrogens is 318 g/mol. The van der Waals surface area contributed by atoms with Gasteiger partial charge in [-0.05, 0) is 18.2 Å². The van der Waals surface area contributed by atoms with Crippen LogP contribution in [0.2, 0.25) is 5.02 Å². The number of methoxy groups -OCH3 is 1. The van der Waals surface area contributed by atoms with Gasteiger partial charge in [-0.25, -0.2) is 0 Å². The predicted octanol–water partition coefficient (Wildman–Crippen LogP) is 3.68. The summed E-state index contributed by atoms with van der Waals surface area (Å²) < 4.78 is 10.3. The van der Waals surface area contributed by atoms with Crippen molar-refractivity contribution in [2.75, 3.05) is 24.3 Å². The first-order chi connectivity index (χ1) is 10.8. The van der Waals surface area contributed by atoms with Gasteiger partial charge in [-0.3, -0.25) is 10.1 Å². The number of carbonyl (C=O) groups excluding carboxylic acids is 1. The highest BCUT2D eigenvalue weighted by molar-refractivity contribution is 6.30. The first-order valence-corrected chi connectivity index (χ1v) is 7.52. The standard InChI is InChI=1S/C16H20ClN3O3/c1-16(2,3)13-8-15(23-20-13)19-14(21)9-18-11-7-10(17)5-6-12(11)22-4/h5-8,18H,9H2,1-4H3,(H,19,21). The molecule has 6 nitrogen and oxygen atoms in total. The fraction of sp³-hybridized carbons (Fsp3) is 0.375. The van der Waals surface area contributed by atoms with Gasteiger partial charge in [0.25, 0.3) is 0 Å². The fourth-order valence-electron chi connectivity index (χ4n) is 1.86. The maximum atomic E-state index is 12.0. The molecule has 1 aromatic carbocycles. The zero-order valence-electron chi connectivity index (χ0n) is 13.6. The zero-order chi connectivity index (χ0) is 17.0. The molecule has 0 saturated heterocycles. The molecule has 0 saturated carbocycles. The lowest BCUT2D eigenvalue weighted by atomic mass is 9.92. The van der Waals surface area contributed by atoms with Crippen molar-refractivity contribution in [3.05, 3.63) is 35.0 Å². The van der Waals surface area contributed by atoms with E-state index in [0.29, 0.717) is 22.3 Å². The van der Waals surface area contributed by atoms with Crippen LogP contribution in [0.3, 0.4) is 0 Å². The Morgan fingerprint density at radius 2 is 2.09 bits per heavy atom. The number of ether oxygens (including phenoxy) is 1. The molecule has 1 aromatic heterocycles. The van der Waals surface area contributed by atoms with Gasteiger partial charge in [0.15, 0.2) is 0 Å². The third kappa shape index (κ3) is 4.63. The molecule has 0 bridgehead atoms. The van der Waals surface area contributed by atoms with Crippen molar-refractivity contribution in [2.45, 2.75) is 26.2 Å². The van der Waals surface area contributed by atoms with E-state index in [1.807, 2.05) is 20.8 Å². The normalized spacial score (nSPS) is 11.2. The first kappa shape index (κ1) is 17.1. The van der Waals surface area contributed by atoms with E-state index in [1.54, 1.807) is 31.4 Å².